The summed E-state index contributed by atoms with van der Waals surface area (Å²) in [5, 5.41) is 15.4. The van der Waals surface area contributed by atoms with E-state index in [1.54, 1.807) is 6.08 Å². The van der Waals surface area contributed by atoms with Crippen LogP contribution in [-0.2, 0) is 0 Å². The van der Waals surface area contributed by atoms with Crippen LogP contribution in [0, 0.1) is 18.6 Å². The van der Waals surface area contributed by atoms with Gasteiger partial charge in [-0.3, -0.25) is 4.98 Å². The molecule has 2 N–H and O–H groups in total. The van der Waals surface area contributed by atoms with Gasteiger partial charge < -0.3 is 15.3 Å². The Morgan fingerprint density at radius 2 is 1.91 bits per heavy atom. The molecule has 0 radical (unpaired) electrons. The number of likely N-dealkylation sites (tertiary alicyclic amines) is 1. The number of hydrogen-bond donors (Lipinski definition) is 2. The Hall–Kier alpha value is -2.67. The van der Waals surface area contributed by atoms with Crippen LogP contribution in [0.2, 0.25) is 0 Å². The van der Waals surface area contributed by atoms with Gasteiger partial charge in [-0.15, -0.1) is 0 Å². The summed E-state index contributed by atoms with van der Waals surface area (Å²) in [5.41, 5.74) is 3.17. The number of piperidine rings is 1. The van der Waals surface area contributed by atoms with Crippen molar-refractivity contribution in [2.75, 3.05) is 26.2 Å². The molecule has 2 heterocycles. The number of benzene rings is 2. The molecule has 182 valence electrons. The standard InChI is InChI=1S/C26H29F2N3O.C2H6/c1-18-14-23-22(5-2-6-25(23)30-16-18)26(32)17-31-12-9-21(10-13-31)29-11-3-4-19-15-20(27)7-8-24(19)28;1-2/h2-8,14-16,21,26,29,32H,9-13,17H2,1H3;1-2H3/b4-3+;. The van der Waals surface area contributed by atoms with E-state index in [9.17, 15) is 13.9 Å². The maximum Gasteiger partial charge on any atom is 0.130 e. The molecule has 1 saturated heterocycles. The summed E-state index contributed by atoms with van der Waals surface area (Å²) in [4.78, 5) is 6.76. The zero-order valence-corrected chi connectivity index (χ0v) is 20.3. The highest BCUT2D eigenvalue weighted by Crippen LogP contribution is 2.25. The number of nitrogens with zero attached hydrogens (tertiary/aromatic N) is 2. The summed E-state index contributed by atoms with van der Waals surface area (Å²) in [6, 6.07) is 11.8. The van der Waals surface area contributed by atoms with Gasteiger partial charge in [0.25, 0.3) is 0 Å². The van der Waals surface area contributed by atoms with E-state index >= 15 is 0 Å². The van der Waals surface area contributed by atoms with Crippen LogP contribution in [0.25, 0.3) is 17.0 Å². The molecular weight excluding hydrogens is 432 g/mol. The molecule has 1 unspecified atom stereocenters. The highest BCUT2D eigenvalue weighted by Gasteiger charge is 2.22. The lowest BCUT2D eigenvalue weighted by Gasteiger charge is -2.33. The van der Waals surface area contributed by atoms with E-state index < -0.39 is 17.7 Å². The Morgan fingerprint density at radius 3 is 2.68 bits per heavy atom. The van der Waals surface area contributed by atoms with Crippen LogP contribution in [0.4, 0.5) is 8.78 Å². The van der Waals surface area contributed by atoms with E-state index in [4.69, 9.17) is 0 Å². The second-order valence-corrected chi connectivity index (χ2v) is 8.49. The molecule has 0 spiro atoms. The van der Waals surface area contributed by atoms with E-state index in [2.05, 4.69) is 21.3 Å². The Morgan fingerprint density at radius 1 is 1.15 bits per heavy atom. The Kier molecular flexibility index (Phi) is 9.69. The van der Waals surface area contributed by atoms with Crippen LogP contribution < -0.4 is 5.32 Å². The van der Waals surface area contributed by atoms with Crippen molar-refractivity contribution in [2.24, 2.45) is 0 Å². The maximum absolute atomic E-state index is 13.7. The van der Waals surface area contributed by atoms with Crippen molar-refractivity contribution in [3.8, 4) is 0 Å². The lowest BCUT2D eigenvalue weighted by molar-refractivity contribution is 0.0955. The summed E-state index contributed by atoms with van der Waals surface area (Å²) < 4.78 is 26.9. The maximum atomic E-state index is 13.7. The number of aryl methyl sites for hydroxylation is 1. The van der Waals surface area contributed by atoms with Crippen LogP contribution in [-0.4, -0.2) is 47.2 Å². The smallest absolute Gasteiger partial charge is 0.130 e. The molecule has 0 bridgehead atoms. The number of pyridine rings is 1. The number of nitrogens with one attached hydrogen (secondary N) is 1. The summed E-state index contributed by atoms with van der Waals surface area (Å²) >= 11 is 0. The lowest BCUT2D eigenvalue weighted by atomic mass is 10.00. The predicted octanol–water partition coefficient (Wildman–Crippen LogP) is 5.65. The SMILES string of the molecule is CC.Cc1cnc2cccc(C(O)CN3CCC(NC/C=C/c4cc(F)ccc4F)CC3)c2c1. The molecule has 1 atom stereocenters. The van der Waals surface area contributed by atoms with Gasteiger partial charge in [-0.2, -0.15) is 0 Å². The molecular formula is C28H35F2N3O. The molecule has 6 heteroatoms. The van der Waals surface area contributed by atoms with Crippen molar-refractivity contribution in [3.63, 3.8) is 0 Å². The van der Waals surface area contributed by atoms with E-state index in [1.165, 1.54) is 6.07 Å². The van der Waals surface area contributed by atoms with Crippen molar-refractivity contribution >= 4 is 17.0 Å². The van der Waals surface area contributed by atoms with Gasteiger partial charge in [0, 0.05) is 36.3 Å². The number of rotatable bonds is 7. The number of hydrogen-bond acceptors (Lipinski definition) is 4. The zero-order chi connectivity index (χ0) is 24.5. The first-order valence-electron chi connectivity index (χ1n) is 12.1. The quantitative estimate of drug-likeness (QED) is 0.472. The zero-order valence-electron chi connectivity index (χ0n) is 20.3. The van der Waals surface area contributed by atoms with E-state index in [0.717, 1.165) is 60.1 Å². The molecule has 1 aliphatic rings. The van der Waals surface area contributed by atoms with Crippen molar-refractivity contribution in [2.45, 2.75) is 45.8 Å². The topological polar surface area (TPSA) is 48.4 Å². The van der Waals surface area contributed by atoms with Crippen molar-refractivity contribution in [1.29, 1.82) is 0 Å². The third kappa shape index (κ3) is 6.92. The van der Waals surface area contributed by atoms with E-state index in [-0.39, 0.29) is 5.56 Å². The van der Waals surface area contributed by atoms with Crippen LogP contribution in [0.15, 0.2) is 54.7 Å². The number of aliphatic hydroxyl groups is 1. The van der Waals surface area contributed by atoms with Gasteiger partial charge in [0.1, 0.15) is 11.6 Å². The van der Waals surface area contributed by atoms with Crippen LogP contribution in [0.5, 0.6) is 0 Å². The second kappa shape index (κ2) is 12.7. The van der Waals surface area contributed by atoms with Gasteiger partial charge >= 0.3 is 0 Å². The summed E-state index contributed by atoms with van der Waals surface area (Å²) in [7, 11) is 0. The third-order valence-corrected chi connectivity index (χ3v) is 6.05. The Labute approximate surface area is 201 Å². The number of β-amino-alcohol motifs (C(OH)–C–C–N with tert-alkyl or cyclic N) is 1. The normalized spacial score (nSPS) is 15.9. The van der Waals surface area contributed by atoms with Crippen molar-refractivity contribution in [3.05, 3.63) is 83.1 Å². The summed E-state index contributed by atoms with van der Waals surface area (Å²) in [5.74, 6) is -0.866. The fraction of sp³-hybridized carbons (Fsp3) is 0.393. The van der Waals surface area contributed by atoms with Crippen LogP contribution in [0.3, 0.4) is 0 Å². The molecule has 4 nitrogen and oxygen atoms in total. The van der Waals surface area contributed by atoms with E-state index in [0.29, 0.717) is 19.1 Å². The molecule has 4 rings (SSSR count). The van der Waals surface area contributed by atoms with Gasteiger partial charge in [-0.1, -0.05) is 38.1 Å². The first-order chi connectivity index (χ1) is 16.5. The predicted molar refractivity (Wildman–Crippen MR) is 136 cm³/mol. The van der Waals surface area contributed by atoms with Gasteiger partial charge in [0.15, 0.2) is 0 Å². The van der Waals surface area contributed by atoms with Gasteiger partial charge in [0.2, 0.25) is 0 Å². The van der Waals surface area contributed by atoms with Gasteiger partial charge in [-0.25, -0.2) is 8.78 Å². The minimum absolute atomic E-state index is 0.259. The number of aliphatic hydroxyl groups excluding tert-OH is 1. The fourth-order valence-corrected chi connectivity index (χ4v) is 4.29. The number of fused-ring (bicyclic) bond motifs is 1. The average Bonchev–Trinajstić information content (AvgIpc) is 2.85. The summed E-state index contributed by atoms with van der Waals surface area (Å²) in [6.07, 6.45) is 6.68. The Balaban J connectivity index is 0.00000158. The first kappa shape index (κ1) is 25.9. The minimum Gasteiger partial charge on any atom is -0.387 e. The average molecular weight is 468 g/mol. The largest absolute Gasteiger partial charge is 0.387 e. The molecule has 0 saturated carbocycles. The van der Waals surface area contributed by atoms with Crippen molar-refractivity contribution < 1.29 is 13.9 Å². The first-order valence-corrected chi connectivity index (χ1v) is 12.1. The molecule has 0 amide bonds. The third-order valence-electron chi connectivity index (χ3n) is 6.05. The van der Waals surface area contributed by atoms with Crippen LogP contribution in [0.1, 0.15) is 49.5 Å². The molecule has 2 aromatic carbocycles. The highest BCUT2D eigenvalue weighted by molar-refractivity contribution is 5.83. The molecule has 1 aromatic heterocycles. The minimum atomic E-state index is -0.559. The summed E-state index contributed by atoms with van der Waals surface area (Å²) in [6.45, 7) is 9.01. The molecule has 1 aliphatic heterocycles. The van der Waals surface area contributed by atoms with Crippen molar-refractivity contribution in [1.82, 2.24) is 15.2 Å². The Bertz CT molecular complexity index is 1090. The molecule has 34 heavy (non-hydrogen) atoms. The van der Waals surface area contributed by atoms with Gasteiger partial charge in [0.05, 0.1) is 11.6 Å². The number of halogens is 2. The van der Waals surface area contributed by atoms with Crippen LogP contribution >= 0.6 is 0 Å². The monoisotopic (exact) mass is 467 g/mol. The molecule has 0 aliphatic carbocycles. The number of aromatic nitrogens is 1. The molecule has 1 fully saturated rings. The fourth-order valence-electron chi connectivity index (χ4n) is 4.29. The highest BCUT2D eigenvalue weighted by atomic mass is 19.1. The molecule has 3 aromatic rings. The lowest BCUT2D eigenvalue weighted by Crippen LogP contribution is -2.43. The second-order valence-electron chi connectivity index (χ2n) is 8.49. The van der Waals surface area contributed by atoms with E-state index in [1.807, 2.05) is 51.2 Å². The van der Waals surface area contributed by atoms with Gasteiger partial charge in [-0.05, 0) is 74.3 Å².